The van der Waals surface area contributed by atoms with Crippen molar-refractivity contribution in [3.8, 4) is 0 Å². The largest absolute Gasteiger partial charge is 0.396 e. The van der Waals surface area contributed by atoms with Gasteiger partial charge in [-0.15, -0.1) is 0 Å². The van der Waals surface area contributed by atoms with Gasteiger partial charge in [0.25, 0.3) is 0 Å². The number of carbonyl (C=O) groups excluding carboxylic acids is 1. The van der Waals surface area contributed by atoms with Crippen LogP contribution in [0.15, 0.2) is 24.3 Å². The lowest BCUT2D eigenvalue weighted by molar-refractivity contribution is -0.117. The van der Waals surface area contributed by atoms with Crippen LogP contribution < -0.4 is 5.32 Å². The van der Waals surface area contributed by atoms with E-state index in [4.69, 9.17) is 5.11 Å². The van der Waals surface area contributed by atoms with Gasteiger partial charge in [-0.2, -0.15) is 0 Å². The number of likely N-dealkylation sites (N-methyl/N-ethyl adjacent to an activating group) is 1. The van der Waals surface area contributed by atoms with Crippen molar-refractivity contribution < 1.29 is 9.90 Å². The molecule has 4 nitrogen and oxygen atoms in total. The van der Waals surface area contributed by atoms with Crippen LogP contribution in [0.3, 0.4) is 0 Å². The lowest BCUT2D eigenvalue weighted by Crippen LogP contribution is -2.31. The van der Waals surface area contributed by atoms with E-state index >= 15 is 0 Å². The molecule has 0 unspecified atom stereocenters. The molecule has 0 fully saturated rings. The second-order valence-electron chi connectivity index (χ2n) is 3.87. The first-order valence-corrected chi connectivity index (χ1v) is 6.54. The third-order valence-electron chi connectivity index (χ3n) is 2.22. The van der Waals surface area contributed by atoms with E-state index in [0.29, 0.717) is 13.0 Å². The van der Waals surface area contributed by atoms with Crippen molar-refractivity contribution in [3.63, 3.8) is 0 Å². The van der Waals surface area contributed by atoms with E-state index < -0.39 is 0 Å². The highest BCUT2D eigenvalue weighted by atomic mass is 127. The normalized spacial score (nSPS) is 10.6. The van der Waals surface area contributed by atoms with Crippen molar-refractivity contribution in [2.75, 3.05) is 32.1 Å². The van der Waals surface area contributed by atoms with Crippen LogP contribution >= 0.6 is 22.6 Å². The van der Waals surface area contributed by atoms with Gasteiger partial charge in [0.1, 0.15) is 0 Å². The quantitative estimate of drug-likeness (QED) is 0.767. The van der Waals surface area contributed by atoms with Crippen molar-refractivity contribution in [1.82, 2.24) is 4.90 Å². The highest BCUT2D eigenvalue weighted by Crippen LogP contribution is 2.12. The molecular weight excluding hydrogens is 331 g/mol. The number of hydrogen-bond donors (Lipinski definition) is 2. The zero-order chi connectivity index (χ0) is 12.7. The predicted molar refractivity (Wildman–Crippen MR) is 77.0 cm³/mol. The molecule has 5 heteroatoms. The van der Waals surface area contributed by atoms with Crippen molar-refractivity contribution >= 4 is 34.2 Å². The maximum Gasteiger partial charge on any atom is 0.238 e. The molecular formula is C12H17IN2O2. The minimum absolute atomic E-state index is 0.0348. The summed E-state index contributed by atoms with van der Waals surface area (Å²) in [4.78, 5) is 13.6. The average molecular weight is 348 g/mol. The van der Waals surface area contributed by atoms with E-state index in [-0.39, 0.29) is 12.5 Å². The lowest BCUT2D eigenvalue weighted by Gasteiger charge is -2.15. The van der Waals surface area contributed by atoms with Gasteiger partial charge in [-0.1, -0.05) is 6.07 Å². The molecule has 0 heterocycles. The molecule has 0 aromatic heterocycles. The van der Waals surface area contributed by atoms with Crippen LogP contribution in [0.1, 0.15) is 6.42 Å². The van der Waals surface area contributed by atoms with Gasteiger partial charge in [-0.25, -0.2) is 0 Å². The van der Waals surface area contributed by atoms with E-state index in [1.165, 1.54) is 0 Å². The molecule has 94 valence electrons. The minimum atomic E-state index is -0.0348. The summed E-state index contributed by atoms with van der Waals surface area (Å²) in [5, 5.41) is 11.5. The van der Waals surface area contributed by atoms with Gasteiger partial charge >= 0.3 is 0 Å². The monoisotopic (exact) mass is 348 g/mol. The number of carbonyl (C=O) groups is 1. The summed E-state index contributed by atoms with van der Waals surface area (Å²) in [7, 11) is 1.87. The van der Waals surface area contributed by atoms with E-state index in [1.807, 2.05) is 36.2 Å². The second kappa shape index (κ2) is 7.62. The van der Waals surface area contributed by atoms with Gasteiger partial charge in [-0.05, 0) is 54.3 Å². The fourth-order valence-electron chi connectivity index (χ4n) is 1.43. The molecule has 0 atom stereocenters. The van der Waals surface area contributed by atoms with Gasteiger partial charge < -0.3 is 10.4 Å². The molecule has 0 aliphatic carbocycles. The number of nitrogens with one attached hydrogen (secondary N) is 1. The summed E-state index contributed by atoms with van der Waals surface area (Å²) >= 11 is 2.21. The molecule has 1 rings (SSSR count). The van der Waals surface area contributed by atoms with Crippen LogP contribution in [0.4, 0.5) is 5.69 Å². The molecule has 0 saturated carbocycles. The van der Waals surface area contributed by atoms with Crippen LogP contribution in [0, 0.1) is 3.57 Å². The maximum atomic E-state index is 11.7. The molecule has 1 amide bonds. The van der Waals surface area contributed by atoms with Crippen LogP contribution in [-0.4, -0.2) is 42.7 Å². The summed E-state index contributed by atoms with van der Waals surface area (Å²) < 4.78 is 1.09. The number of halogens is 1. The lowest BCUT2D eigenvalue weighted by atomic mass is 10.3. The highest BCUT2D eigenvalue weighted by molar-refractivity contribution is 14.1. The molecule has 17 heavy (non-hydrogen) atoms. The van der Waals surface area contributed by atoms with E-state index in [0.717, 1.165) is 15.8 Å². The topological polar surface area (TPSA) is 52.6 Å². The van der Waals surface area contributed by atoms with Crippen molar-refractivity contribution in [1.29, 1.82) is 0 Å². The summed E-state index contributed by atoms with van der Waals surface area (Å²) in [6.07, 6.45) is 0.688. The Hall–Kier alpha value is -0.660. The Morgan fingerprint density at radius 1 is 1.53 bits per heavy atom. The summed E-state index contributed by atoms with van der Waals surface area (Å²) in [5.41, 5.74) is 0.817. The first-order chi connectivity index (χ1) is 8.11. The van der Waals surface area contributed by atoms with Crippen molar-refractivity contribution in [2.45, 2.75) is 6.42 Å². The molecule has 0 radical (unpaired) electrons. The van der Waals surface area contributed by atoms with Crippen molar-refractivity contribution in [3.05, 3.63) is 27.8 Å². The maximum absolute atomic E-state index is 11.7. The SMILES string of the molecule is CN(CCCO)CC(=O)Nc1cccc(I)c1. The first-order valence-electron chi connectivity index (χ1n) is 5.46. The average Bonchev–Trinajstić information content (AvgIpc) is 2.26. The number of anilines is 1. The number of benzene rings is 1. The Labute approximate surface area is 115 Å². The van der Waals surface area contributed by atoms with Crippen molar-refractivity contribution in [2.24, 2.45) is 0 Å². The number of amides is 1. The molecule has 1 aromatic rings. The Morgan fingerprint density at radius 3 is 2.94 bits per heavy atom. The van der Waals surface area contributed by atoms with Crippen LogP contribution in [0.5, 0.6) is 0 Å². The number of nitrogens with zero attached hydrogens (tertiary/aromatic N) is 1. The number of aliphatic hydroxyl groups is 1. The van der Waals surface area contributed by atoms with Gasteiger partial charge in [0.05, 0.1) is 6.54 Å². The number of aliphatic hydroxyl groups excluding tert-OH is 1. The Balaban J connectivity index is 2.39. The van der Waals surface area contributed by atoms with E-state index in [2.05, 4.69) is 27.9 Å². The van der Waals surface area contributed by atoms with Gasteiger partial charge in [-0.3, -0.25) is 9.69 Å². The fraction of sp³-hybridized carbons (Fsp3) is 0.417. The van der Waals surface area contributed by atoms with E-state index in [1.54, 1.807) is 0 Å². The minimum Gasteiger partial charge on any atom is -0.396 e. The predicted octanol–water partition coefficient (Wildman–Crippen LogP) is 1.54. The summed E-state index contributed by atoms with van der Waals surface area (Å²) in [5.74, 6) is -0.0348. The molecule has 0 aliphatic heterocycles. The third kappa shape index (κ3) is 5.99. The fourth-order valence-corrected chi connectivity index (χ4v) is 1.97. The van der Waals surface area contributed by atoms with Gasteiger partial charge in [0.2, 0.25) is 5.91 Å². The number of hydrogen-bond acceptors (Lipinski definition) is 3. The molecule has 0 aliphatic rings. The Morgan fingerprint density at radius 2 is 2.29 bits per heavy atom. The second-order valence-corrected chi connectivity index (χ2v) is 5.12. The standard InChI is InChI=1S/C12H17IN2O2/c1-15(6-3-7-16)9-12(17)14-11-5-2-4-10(13)8-11/h2,4-5,8,16H,3,6-7,9H2,1H3,(H,14,17). The van der Waals surface area contributed by atoms with E-state index in [9.17, 15) is 4.79 Å². The molecule has 0 spiro atoms. The van der Waals surface area contributed by atoms with Crippen LogP contribution in [0.25, 0.3) is 0 Å². The summed E-state index contributed by atoms with van der Waals surface area (Å²) in [6, 6.07) is 7.68. The first kappa shape index (κ1) is 14.4. The van der Waals surface area contributed by atoms with Gasteiger partial charge in [0, 0.05) is 22.4 Å². The Kier molecular flexibility index (Phi) is 6.46. The van der Waals surface area contributed by atoms with Crippen LogP contribution in [0.2, 0.25) is 0 Å². The third-order valence-corrected chi connectivity index (χ3v) is 2.89. The molecule has 1 aromatic carbocycles. The molecule has 2 N–H and O–H groups in total. The zero-order valence-electron chi connectivity index (χ0n) is 9.82. The zero-order valence-corrected chi connectivity index (χ0v) is 12.0. The molecule has 0 bridgehead atoms. The number of rotatable bonds is 6. The summed E-state index contributed by atoms with van der Waals surface area (Å²) in [6.45, 7) is 1.21. The highest BCUT2D eigenvalue weighted by Gasteiger charge is 2.06. The van der Waals surface area contributed by atoms with Gasteiger partial charge in [0.15, 0.2) is 0 Å². The Bertz CT molecular complexity index is 371. The van der Waals surface area contributed by atoms with Crippen LogP contribution in [-0.2, 0) is 4.79 Å². The molecule has 0 saturated heterocycles. The smallest absolute Gasteiger partial charge is 0.238 e.